The second-order valence-electron chi connectivity index (χ2n) is 5.67. The van der Waals surface area contributed by atoms with Gasteiger partial charge in [0.1, 0.15) is 12.4 Å². The molecule has 0 bridgehead atoms. The topological polar surface area (TPSA) is 55.4 Å². The third kappa shape index (κ3) is 5.49. The number of nitrogens with one attached hydrogen (secondary N) is 1. The maximum Gasteiger partial charge on any atom is 0.220 e. The molecular weight excluding hydrogens is 322 g/mol. The molecule has 24 heavy (non-hydrogen) atoms. The zero-order chi connectivity index (χ0) is 17.4. The highest BCUT2D eigenvalue weighted by atomic mass is 32.1. The minimum absolute atomic E-state index is 0.0425. The lowest BCUT2D eigenvalue weighted by Gasteiger charge is -2.12. The SMILES string of the molecule is Cc1cccc(C)c1OCCNC(=O)CCCC(=O)c1cccs1. The Labute approximate surface area is 146 Å². The van der Waals surface area contributed by atoms with Gasteiger partial charge in [0.15, 0.2) is 5.78 Å². The lowest BCUT2D eigenvalue weighted by molar-refractivity contribution is -0.121. The van der Waals surface area contributed by atoms with Crippen LogP contribution in [0, 0.1) is 13.8 Å². The first-order chi connectivity index (χ1) is 11.6. The fraction of sp³-hybridized carbons (Fsp3) is 0.368. The number of carbonyl (C=O) groups excluding carboxylic acids is 2. The molecule has 0 aliphatic rings. The molecular formula is C19H23NO3S. The van der Waals surface area contributed by atoms with E-state index in [-0.39, 0.29) is 11.7 Å². The molecule has 0 spiro atoms. The Morgan fingerprint density at radius 1 is 1.08 bits per heavy atom. The highest BCUT2D eigenvalue weighted by Gasteiger charge is 2.08. The maximum absolute atomic E-state index is 11.8. The Morgan fingerprint density at radius 3 is 2.50 bits per heavy atom. The predicted molar refractivity (Wildman–Crippen MR) is 96.9 cm³/mol. The van der Waals surface area contributed by atoms with E-state index in [4.69, 9.17) is 4.74 Å². The summed E-state index contributed by atoms with van der Waals surface area (Å²) in [6.45, 7) is 4.91. The molecule has 0 unspecified atom stereocenters. The van der Waals surface area contributed by atoms with Crippen molar-refractivity contribution in [2.75, 3.05) is 13.2 Å². The van der Waals surface area contributed by atoms with Crippen LogP contribution in [-0.2, 0) is 4.79 Å². The van der Waals surface area contributed by atoms with Crippen molar-refractivity contribution in [1.82, 2.24) is 5.32 Å². The van der Waals surface area contributed by atoms with Gasteiger partial charge in [0.25, 0.3) is 0 Å². The van der Waals surface area contributed by atoms with Crippen molar-refractivity contribution in [2.45, 2.75) is 33.1 Å². The van der Waals surface area contributed by atoms with Crippen LogP contribution in [0.25, 0.3) is 0 Å². The van der Waals surface area contributed by atoms with E-state index in [1.54, 1.807) is 0 Å². The molecule has 4 nitrogen and oxygen atoms in total. The first-order valence-corrected chi connectivity index (χ1v) is 8.98. The number of carbonyl (C=O) groups is 2. The monoisotopic (exact) mass is 345 g/mol. The summed E-state index contributed by atoms with van der Waals surface area (Å²) in [7, 11) is 0. The molecule has 1 heterocycles. The summed E-state index contributed by atoms with van der Waals surface area (Å²) in [6, 6.07) is 9.69. The molecule has 0 saturated carbocycles. The molecule has 2 aromatic rings. The summed E-state index contributed by atoms with van der Waals surface area (Å²) < 4.78 is 5.74. The Kier molecular flexibility index (Phi) is 7.00. The van der Waals surface area contributed by atoms with Crippen LogP contribution in [-0.4, -0.2) is 24.8 Å². The van der Waals surface area contributed by atoms with Gasteiger partial charge in [0.05, 0.1) is 11.4 Å². The second kappa shape index (κ2) is 9.23. The number of aryl methyl sites for hydroxylation is 2. The molecule has 2 rings (SSSR count). The number of ketones is 1. The van der Waals surface area contributed by atoms with Crippen LogP contribution in [0.1, 0.15) is 40.1 Å². The van der Waals surface area contributed by atoms with Crippen molar-refractivity contribution in [2.24, 2.45) is 0 Å². The van der Waals surface area contributed by atoms with E-state index in [0.29, 0.717) is 32.4 Å². The summed E-state index contributed by atoms with van der Waals surface area (Å²) in [4.78, 5) is 24.4. The largest absolute Gasteiger partial charge is 0.491 e. The van der Waals surface area contributed by atoms with Crippen LogP contribution in [0.5, 0.6) is 5.75 Å². The van der Waals surface area contributed by atoms with Crippen LogP contribution in [0.15, 0.2) is 35.7 Å². The van der Waals surface area contributed by atoms with E-state index in [1.165, 1.54) is 11.3 Å². The Balaban J connectivity index is 1.61. The minimum Gasteiger partial charge on any atom is -0.491 e. The van der Waals surface area contributed by atoms with Crippen LogP contribution in [0.2, 0.25) is 0 Å². The van der Waals surface area contributed by atoms with Gasteiger partial charge in [-0.2, -0.15) is 0 Å². The number of Topliss-reactive ketones (excluding diaryl/α,β-unsaturated/α-hetero) is 1. The molecule has 1 aromatic heterocycles. The number of amides is 1. The molecule has 5 heteroatoms. The molecule has 0 aliphatic carbocycles. The molecule has 0 radical (unpaired) electrons. The van der Waals surface area contributed by atoms with Crippen LogP contribution in [0.3, 0.4) is 0 Å². The number of ether oxygens (including phenoxy) is 1. The highest BCUT2D eigenvalue weighted by molar-refractivity contribution is 7.12. The zero-order valence-corrected chi connectivity index (χ0v) is 14.9. The van der Waals surface area contributed by atoms with Gasteiger partial charge in [-0.1, -0.05) is 24.3 Å². The summed E-state index contributed by atoms with van der Waals surface area (Å²) in [5, 5.41) is 4.71. The molecule has 0 aliphatic heterocycles. The van der Waals surface area contributed by atoms with Gasteiger partial charge in [-0.05, 0) is 42.8 Å². The fourth-order valence-corrected chi connectivity index (χ4v) is 3.12. The number of para-hydroxylation sites is 1. The minimum atomic E-state index is -0.0425. The maximum atomic E-state index is 11.8. The van der Waals surface area contributed by atoms with Crippen molar-refractivity contribution < 1.29 is 14.3 Å². The van der Waals surface area contributed by atoms with E-state index in [0.717, 1.165) is 21.8 Å². The van der Waals surface area contributed by atoms with Crippen molar-refractivity contribution in [1.29, 1.82) is 0 Å². The van der Waals surface area contributed by atoms with E-state index in [9.17, 15) is 9.59 Å². The number of hydrogen-bond donors (Lipinski definition) is 1. The van der Waals surface area contributed by atoms with Crippen LogP contribution >= 0.6 is 11.3 Å². The van der Waals surface area contributed by atoms with Crippen LogP contribution < -0.4 is 10.1 Å². The van der Waals surface area contributed by atoms with Crippen molar-refractivity contribution in [3.05, 3.63) is 51.7 Å². The normalized spacial score (nSPS) is 10.4. The molecule has 0 saturated heterocycles. The van der Waals surface area contributed by atoms with E-state index in [2.05, 4.69) is 5.32 Å². The standard InChI is InChI=1S/C19H23NO3S/c1-14-6-3-7-15(2)19(14)23-12-11-20-18(22)10-4-8-16(21)17-9-5-13-24-17/h3,5-7,9,13H,4,8,10-12H2,1-2H3,(H,20,22). The summed E-state index contributed by atoms with van der Waals surface area (Å²) in [6.07, 6.45) is 1.34. The van der Waals surface area contributed by atoms with Gasteiger partial charge in [-0.3, -0.25) is 9.59 Å². The molecule has 0 fully saturated rings. The summed E-state index contributed by atoms with van der Waals surface area (Å²) in [5.41, 5.74) is 2.18. The smallest absolute Gasteiger partial charge is 0.220 e. The molecule has 1 aromatic carbocycles. The third-order valence-corrected chi connectivity index (χ3v) is 4.59. The Morgan fingerprint density at radius 2 is 1.83 bits per heavy atom. The van der Waals surface area contributed by atoms with Gasteiger partial charge in [-0.25, -0.2) is 0 Å². The van der Waals surface area contributed by atoms with E-state index < -0.39 is 0 Å². The van der Waals surface area contributed by atoms with Crippen molar-refractivity contribution >= 4 is 23.0 Å². The number of benzene rings is 1. The van der Waals surface area contributed by atoms with Gasteiger partial charge >= 0.3 is 0 Å². The predicted octanol–water partition coefficient (Wildman–Crippen LogP) is 3.91. The first kappa shape index (κ1) is 18.2. The molecule has 1 amide bonds. The quantitative estimate of drug-likeness (QED) is 0.554. The van der Waals surface area contributed by atoms with Crippen LogP contribution in [0.4, 0.5) is 0 Å². The van der Waals surface area contributed by atoms with E-state index >= 15 is 0 Å². The molecule has 1 N–H and O–H groups in total. The second-order valence-corrected chi connectivity index (χ2v) is 6.62. The number of thiophene rings is 1. The first-order valence-electron chi connectivity index (χ1n) is 8.10. The van der Waals surface area contributed by atoms with Crippen molar-refractivity contribution in [3.8, 4) is 5.75 Å². The highest BCUT2D eigenvalue weighted by Crippen LogP contribution is 2.21. The third-order valence-electron chi connectivity index (χ3n) is 3.68. The average Bonchev–Trinajstić information content (AvgIpc) is 3.08. The lowest BCUT2D eigenvalue weighted by Crippen LogP contribution is -2.28. The lowest BCUT2D eigenvalue weighted by atomic mass is 10.1. The number of rotatable bonds is 9. The van der Waals surface area contributed by atoms with Gasteiger partial charge in [-0.15, -0.1) is 11.3 Å². The van der Waals surface area contributed by atoms with Crippen molar-refractivity contribution in [3.63, 3.8) is 0 Å². The average molecular weight is 345 g/mol. The molecule has 128 valence electrons. The Hall–Kier alpha value is -2.14. The number of hydrogen-bond acceptors (Lipinski definition) is 4. The van der Waals surface area contributed by atoms with E-state index in [1.807, 2.05) is 49.6 Å². The van der Waals surface area contributed by atoms with Gasteiger partial charge in [0.2, 0.25) is 5.91 Å². The summed E-state index contributed by atoms with van der Waals surface area (Å²) >= 11 is 1.44. The fourth-order valence-electron chi connectivity index (χ4n) is 2.43. The van der Waals surface area contributed by atoms with Gasteiger partial charge in [0, 0.05) is 12.8 Å². The zero-order valence-electron chi connectivity index (χ0n) is 14.1. The Bertz CT molecular complexity index is 660. The molecule has 0 atom stereocenters. The summed E-state index contributed by atoms with van der Waals surface area (Å²) in [5.74, 6) is 0.948. The van der Waals surface area contributed by atoms with Gasteiger partial charge < -0.3 is 10.1 Å².